The van der Waals surface area contributed by atoms with Crippen LogP contribution in [0.3, 0.4) is 0 Å². The van der Waals surface area contributed by atoms with Crippen molar-refractivity contribution in [3.8, 4) is 0 Å². The molecule has 1 N–H and O–H groups in total. The summed E-state index contributed by atoms with van der Waals surface area (Å²) in [5.41, 5.74) is 0.846. The Labute approximate surface area is 126 Å². The van der Waals surface area contributed by atoms with Gasteiger partial charge in [0.25, 0.3) is 5.69 Å². The van der Waals surface area contributed by atoms with Crippen molar-refractivity contribution in [3.63, 3.8) is 0 Å². The smallest absolute Gasteiger partial charge is 0.291 e. The zero-order chi connectivity index (χ0) is 14.9. The summed E-state index contributed by atoms with van der Waals surface area (Å²) < 4.78 is 0.722. The van der Waals surface area contributed by atoms with Crippen molar-refractivity contribution < 1.29 is 4.92 Å². The van der Waals surface area contributed by atoms with Gasteiger partial charge in [0.1, 0.15) is 12.0 Å². The van der Waals surface area contributed by atoms with Gasteiger partial charge in [0.05, 0.1) is 9.40 Å². The molecule has 1 aliphatic heterocycles. The van der Waals surface area contributed by atoms with E-state index in [1.807, 2.05) is 7.05 Å². The molecular weight excluding hydrogens is 324 g/mol. The summed E-state index contributed by atoms with van der Waals surface area (Å²) in [5, 5.41) is 14.3. The molecule has 0 bridgehead atoms. The van der Waals surface area contributed by atoms with Gasteiger partial charge in [-0.1, -0.05) is 0 Å². The summed E-state index contributed by atoms with van der Waals surface area (Å²) in [6, 6.07) is 0. The third-order valence-corrected chi connectivity index (χ3v) is 5.14. The van der Waals surface area contributed by atoms with Gasteiger partial charge in [-0.2, -0.15) is 0 Å². The minimum atomic E-state index is -0.398. The average Bonchev–Trinajstić information content (AvgIpc) is 2.43. The summed E-state index contributed by atoms with van der Waals surface area (Å²) in [7, 11) is 1.99. The Morgan fingerprint density at radius 2 is 2.10 bits per heavy atom. The molecule has 20 heavy (non-hydrogen) atoms. The highest BCUT2D eigenvalue weighted by atomic mass is 79.9. The largest absolute Gasteiger partial charge is 0.356 e. The molecule has 1 saturated heterocycles. The van der Waals surface area contributed by atoms with Crippen molar-refractivity contribution in [2.75, 3.05) is 25.0 Å². The number of piperidine rings is 1. The summed E-state index contributed by atoms with van der Waals surface area (Å²) in [6.07, 6.45) is 3.39. The molecule has 2 heterocycles. The van der Waals surface area contributed by atoms with Crippen LogP contribution in [0.5, 0.6) is 0 Å². The molecule has 1 aliphatic rings. The zero-order valence-corrected chi connectivity index (χ0v) is 13.5. The van der Waals surface area contributed by atoms with Crippen LogP contribution < -0.4 is 10.2 Å². The van der Waals surface area contributed by atoms with Gasteiger partial charge in [0.2, 0.25) is 0 Å². The summed E-state index contributed by atoms with van der Waals surface area (Å²) >= 11 is 3.46. The van der Waals surface area contributed by atoms with E-state index < -0.39 is 4.92 Å². The second kappa shape index (κ2) is 5.65. The van der Waals surface area contributed by atoms with E-state index in [0.717, 1.165) is 36.2 Å². The third kappa shape index (κ3) is 2.78. The fraction of sp³-hybridized carbons (Fsp3) is 0.615. The Morgan fingerprint density at radius 3 is 2.60 bits per heavy atom. The lowest BCUT2D eigenvalue weighted by molar-refractivity contribution is -0.385. The summed E-state index contributed by atoms with van der Waals surface area (Å²) in [5.74, 6) is 0.797. The van der Waals surface area contributed by atoms with E-state index in [9.17, 15) is 10.1 Å². The molecule has 0 saturated carbocycles. The van der Waals surface area contributed by atoms with E-state index in [1.54, 1.807) is 6.92 Å². The first-order valence-electron chi connectivity index (χ1n) is 6.61. The summed E-state index contributed by atoms with van der Waals surface area (Å²) in [4.78, 5) is 17.0. The second-order valence-corrected chi connectivity index (χ2v) is 6.25. The Kier molecular flexibility index (Phi) is 4.29. The van der Waals surface area contributed by atoms with E-state index in [4.69, 9.17) is 0 Å². The first-order chi connectivity index (χ1) is 9.38. The molecular formula is C13H19BrN4O2. The molecule has 1 aromatic rings. The minimum absolute atomic E-state index is 0.0534. The van der Waals surface area contributed by atoms with Crippen molar-refractivity contribution in [2.45, 2.75) is 32.2 Å². The molecule has 110 valence electrons. The van der Waals surface area contributed by atoms with Gasteiger partial charge in [-0.3, -0.25) is 10.1 Å². The molecule has 2 rings (SSSR count). The van der Waals surface area contributed by atoms with Gasteiger partial charge >= 0.3 is 0 Å². The lowest BCUT2D eigenvalue weighted by atomic mass is 9.90. The van der Waals surface area contributed by atoms with Crippen LogP contribution in [0.15, 0.2) is 10.7 Å². The van der Waals surface area contributed by atoms with Gasteiger partial charge in [-0.05, 0) is 49.7 Å². The van der Waals surface area contributed by atoms with Crippen LogP contribution in [0.1, 0.15) is 25.3 Å². The molecule has 0 spiro atoms. The number of nitrogens with one attached hydrogen (secondary N) is 1. The van der Waals surface area contributed by atoms with E-state index >= 15 is 0 Å². The number of pyridine rings is 1. The topological polar surface area (TPSA) is 71.3 Å². The Balaban J connectivity index is 2.23. The Bertz CT molecular complexity index is 527. The lowest BCUT2D eigenvalue weighted by Gasteiger charge is -2.40. The fourth-order valence-corrected chi connectivity index (χ4v) is 2.98. The van der Waals surface area contributed by atoms with Gasteiger partial charge in [0.15, 0.2) is 0 Å². The second-order valence-electron chi connectivity index (χ2n) is 5.46. The van der Waals surface area contributed by atoms with Crippen LogP contribution in [-0.4, -0.2) is 35.6 Å². The van der Waals surface area contributed by atoms with Crippen LogP contribution in [0.25, 0.3) is 0 Å². The average molecular weight is 343 g/mol. The Morgan fingerprint density at radius 1 is 1.50 bits per heavy atom. The van der Waals surface area contributed by atoms with Crippen molar-refractivity contribution in [1.29, 1.82) is 0 Å². The molecule has 0 amide bonds. The predicted molar refractivity (Wildman–Crippen MR) is 82.2 cm³/mol. The van der Waals surface area contributed by atoms with Crippen LogP contribution in [0.4, 0.5) is 11.5 Å². The molecule has 0 unspecified atom stereocenters. The number of aromatic nitrogens is 1. The van der Waals surface area contributed by atoms with Crippen LogP contribution in [0, 0.1) is 17.0 Å². The predicted octanol–water partition coefficient (Wildman–Crippen LogP) is 2.64. The number of nitro groups is 1. The monoisotopic (exact) mass is 342 g/mol. The maximum absolute atomic E-state index is 10.9. The highest BCUT2D eigenvalue weighted by molar-refractivity contribution is 9.10. The molecule has 1 aromatic heterocycles. The van der Waals surface area contributed by atoms with Crippen molar-refractivity contribution in [3.05, 3.63) is 26.3 Å². The first-order valence-corrected chi connectivity index (χ1v) is 7.40. The highest BCUT2D eigenvalue weighted by Crippen LogP contribution is 2.35. The third-order valence-electron chi connectivity index (χ3n) is 4.19. The molecule has 7 heteroatoms. The van der Waals surface area contributed by atoms with Gasteiger partial charge in [0, 0.05) is 24.2 Å². The SMILES string of the molecule is CNC1(C)CCN(c2ncc([N+](=O)[O-])c(C)c2Br)CC1. The van der Waals surface area contributed by atoms with Crippen LogP contribution in [-0.2, 0) is 0 Å². The lowest BCUT2D eigenvalue weighted by Crippen LogP contribution is -2.50. The molecule has 0 aliphatic carbocycles. The van der Waals surface area contributed by atoms with E-state index in [2.05, 4.69) is 38.1 Å². The number of halogens is 1. The zero-order valence-electron chi connectivity index (χ0n) is 11.9. The number of anilines is 1. The standard InChI is InChI=1S/C13H19BrN4O2/c1-9-10(18(19)20)8-16-12(11(9)14)17-6-4-13(2,15-3)5-7-17/h8,15H,4-7H2,1-3H3. The quantitative estimate of drug-likeness (QED) is 0.675. The number of rotatable bonds is 3. The minimum Gasteiger partial charge on any atom is -0.356 e. The van der Waals surface area contributed by atoms with E-state index in [1.165, 1.54) is 6.20 Å². The maximum Gasteiger partial charge on any atom is 0.291 e. The van der Waals surface area contributed by atoms with Crippen molar-refractivity contribution in [1.82, 2.24) is 10.3 Å². The fourth-order valence-electron chi connectivity index (χ4n) is 2.42. The van der Waals surface area contributed by atoms with Crippen molar-refractivity contribution >= 4 is 27.4 Å². The van der Waals surface area contributed by atoms with Gasteiger partial charge in [-0.15, -0.1) is 0 Å². The van der Waals surface area contributed by atoms with Crippen LogP contribution >= 0.6 is 15.9 Å². The van der Waals surface area contributed by atoms with Crippen molar-refractivity contribution in [2.24, 2.45) is 0 Å². The molecule has 6 nitrogen and oxygen atoms in total. The van der Waals surface area contributed by atoms with E-state index in [0.29, 0.717) is 5.56 Å². The van der Waals surface area contributed by atoms with Gasteiger partial charge in [-0.25, -0.2) is 4.98 Å². The molecule has 0 aromatic carbocycles. The number of hydrogen-bond acceptors (Lipinski definition) is 5. The maximum atomic E-state index is 10.9. The molecule has 0 radical (unpaired) electrons. The van der Waals surface area contributed by atoms with Crippen LogP contribution in [0.2, 0.25) is 0 Å². The molecule has 1 fully saturated rings. The molecule has 0 atom stereocenters. The summed E-state index contributed by atoms with van der Waals surface area (Å²) in [6.45, 7) is 5.74. The Hall–Kier alpha value is -1.21. The van der Waals surface area contributed by atoms with E-state index in [-0.39, 0.29) is 11.2 Å². The first kappa shape index (κ1) is 15.2. The highest BCUT2D eigenvalue weighted by Gasteiger charge is 2.30. The number of hydrogen-bond donors (Lipinski definition) is 1. The number of nitrogens with zero attached hydrogens (tertiary/aromatic N) is 3. The normalized spacial score (nSPS) is 18.1. The van der Waals surface area contributed by atoms with Gasteiger partial charge < -0.3 is 10.2 Å².